The number of rotatable bonds is 18. The van der Waals surface area contributed by atoms with Crippen molar-refractivity contribution >= 4 is 69.8 Å². The molecule has 3 aromatic carbocycles. The van der Waals surface area contributed by atoms with Crippen LogP contribution in [0.25, 0.3) is 22.3 Å². The van der Waals surface area contributed by atoms with E-state index in [1.807, 2.05) is 0 Å². The Balaban J connectivity index is 0.742. The number of aromatic nitrogens is 2. The van der Waals surface area contributed by atoms with Crippen molar-refractivity contribution in [3.05, 3.63) is 140 Å². The molecule has 7 N–H and O–H groups in total. The predicted octanol–water partition coefficient (Wildman–Crippen LogP) is -0.0951. The fourth-order valence-corrected chi connectivity index (χ4v) is 9.50. The Labute approximate surface area is 425 Å². The number of amides is 8. The van der Waals surface area contributed by atoms with Gasteiger partial charge in [-0.25, -0.2) is 19.1 Å². The molecule has 3 atom stereocenters. The van der Waals surface area contributed by atoms with Crippen molar-refractivity contribution in [1.29, 1.82) is 0 Å². The van der Waals surface area contributed by atoms with Gasteiger partial charge in [0.1, 0.15) is 31.8 Å². The van der Waals surface area contributed by atoms with E-state index in [0.29, 0.717) is 68.6 Å². The number of halogens is 1. The summed E-state index contributed by atoms with van der Waals surface area (Å²) in [5.41, 5.74) is 4.71. The van der Waals surface area contributed by atoms with E-state index in [0.717, 1.165) is 22.6 Å². The first-order valence-electron chi connectivity index (χ1n) is 23.7. The number of benzene rings is 3. The Morgan fingerprint density at radius 1 is 0.813 bits per heavy atom. The third kappa shape index (κ3) is 10.9. The number of hydrogen-bond donors (Lipinski definition) is 7. The van der Waals surface area contributed by atoms with Crippen LogP contribution in [0.1, 0.15) is 63.1 Å². The smallest absolute Gasteiger partial charge is 0.340 e. The topological polar surface area (TPSA) is 303 Å². The Bertz CT molecular complexity index is 3310. The molecule has 23 heteroatoms. The molecule has 0 unspecified atom stereocenters. The van der Waals surface area contributed by atoms with Gasteiger partial charge in [0.25, 0.3) is 17.4 Å². The van der Waals surface area contributed by atoms with E-state index in [4.69, 9.17) is 14.5 Å². The first kappa shape index (κ1) is 51.0. The largest absolute Gasteiger partial charge is 0.458 e. The predicted molar refractivity (Wildman–Crippen MR) is 261 cm³/mol. The molecular formula is C52H48FN9O13. The summed E-state index contributed by atoms with van der Waals surface area (Å²) >= 11 is 0. The lowest BCUT2D eigenvalue weighted by Crippen LogP contribution is -2.52. The van der Waals surface area contributed by atoms with Gasteiger partial charge in [-0.15, -0.1) is 0 Å². The second-order valence-corrected chi connectivity index (χ2v) is 18.1. The lowest BCUT2D eigenvalue weighted by molar-refractivity contribution is -0.157. The lowest BCUT2D eigenvalue weighted by Gasteiger charge is -2.29. The SMILES string of the molecule is Cc1c(F)cc2nc3c(c4c2c1CC[C@@H]4NC(=O)COCNC(=O)CNC(=O)[C@H](Cc1ccccc1)NC(=O)CNC(=O)CNC(=O)Cc1ccc(N2C(=O)C=CC2=O)cc1)Cn1c-3cc2c(c1=O)COC(=O)[C@H]2O. The van der Waals surface area contributed by atoms with E-state index < -0.39 is 116 Å². The van der Waals surface area contributed by atoms with Crippen molar-refractivity contribution < 1.29 is 62.1 Å². The van der Waals surface area contributed by atoms with Crippen LogP contribution in [0.5, 0.6) is 0 Å². The average Bonchev–Trinajstić information content (AvgIpc) is 3.97. The van der Waals surface area contributed by atoms with Crippen LogP contribution in [0.2, 0.25) is 0 Å². The van der Waals surface area contributed by atoms with Crippen LogP contribution in [-0.2, 0) is 85.0 Å². The normalized spacial score (nSPS) is 16.3. The van der Waals surface area contributed by atoms with E-state index in [-0.39, 0.29) is 37.1 Å². The molecule has 5 aromatic rings. The van der Waals surface area contributed by atoms with Crippen molar-refractivity contribution in [3.8, 4) is 11.4 Å². The maximum absolute atomic E-state index is 15.3. The van der Waals surface area contributed by atoms with Crippen molar-refractivity contribution in [3.63, 3.8) is 0 Å². The highest BCUT2D eigenvalue weighted by atomic mass is 19.1. The zero-order valence-electron chi connectivity index (χ0n) is 40.1. The summed E-state index contributed by atoms with van der Waals surface area (Å²) in [4.78, 5) is 133. The van der Waals surface area contributed by atoms with Crippen molar-refractivity contribution in [2.45, 2.75) is 63.9 Å². The second kappa shape index (κ2) is 21.6. The number of hydrogen-bond acceptors (Lipinski definition) is 14. The van der Waals surface area contributed by atoms with Crippen LogP contribution >= 0.6 is 0 Å². The number of nitrogens with zero attached hydrogens (tertiary/aromatic N) is 3. The van der Waals surface area contributed by atoms with Crippen molar-refractivity contribution in [2.24, 2.45) is 0 Å². The second-order valence-electron chi connectivity index (χ2n) is 18.1. The van der Waals surface area contributed by atoms with Gasteiger partial charge in [0.05, 0.1) is 66.8 Å². The minimum atomic E-state index is -1.67. The molecule has 386 valence electrons. The summed E-state index contributed by atoms with van der Waals surface area (Å²) in [5.74, 6) is -6.22. The number of ether oxygens (including phenoxy) is 2. The van der Waals surface area contributed by atoms with Gasteiger partial charge < -0.3 is 51.0 Å². The maximum atomic E-state index is 15.3. The molecule has 0 saturated heterocycles. The van der Waals surface area contributed by atoms with Gasteiger partial charge >= 0.3 is 5.97 Å². The third-order valence-corrected chi connectivity index (χ3v) is 13.2. The number of aliphatic hydroxyl groups excluding tert-OH is 1. The standard InChI is InChI=1S/C52H48FN9O13/c1-26-30-11-12-35(47-32-22-61-38(48(32)60-36(46(30)47)18-34(26)53)17-31-33(51(61)72)23-75-52(73)49(31)70)58-43(67)24-74-25-57-41(65)20-56-50(71)37(15-27-5-3-2-4-6-27)59-42(66)21-55-40(64)19-54-39(63)16-28-7-9-29(10-8-28)62-44(68)13-14-45(62)69/h2-10,13-14,17-18,35,37,49,70H,11-12,15-16,19-25H2,1H3,(H,54,63)(H,55,64)(H,56,71)(H,57,65)(H,58,67)(H,59,66)/t35-,37-,49-/m0/s1. The van der Waals surface area contributed by atoms with Gasteiger partial charge in [0, 0.05) is 41.2 Å². The maximum Gasteiger partial charge on any atom is 0.340 e. The van der Waals surface area contributed by atoms with Gasteiger partial charge in [-0.2, -0.15) is 0 Å². The number of anilines is 1. The number of fused-ring (bicyclic) bond motifs is 5. The molecule has 0 bridgehead atoms. The van der Waals surface area contributed by atoms with Crippen LogP contribution in [0.3, 0.4) is 0 Å². The van der Waals surface area contributed by atoms with Gasteiger partial charge in [0.2, 0.25) is 35.4 Å². The van der Waals surface area contributed by atoms with Crippen LogP contribution in [0.4, 0.5) is 10.1 Å². The number of aryl methyl sites for hydroxylation is 1. The van der Waals surface area contributed by atoms with Crippen LogP contribution in [0, 0.1) is 12.7 Å². The molecule has 2 aromatic heterocycles. The monoisotopic (exact) mass is 1030 g/mol. The molecule has 75 heavy (non-hydrogen) atoms. The summed E-state index contributed by atoms with van der Waals surface area (Å²) in [6, 6.07) is 15.9. The van der Waals surface area contributed by atoms with E-state index >= 15 is 4.39 Å². The number of nitrogens with one attached hydrogen (secondary N) is 6. The molecule has 22 nitrogen and oxygen atoms in total. The molecule has 0 fully saturated rings. The zero-order chi connectivity index (χ0) is 53.1. The summed E-state index contributed by atoms with van der Waals surface area (Å²) in [5, 5.41) is 26.5. The Kier molecular flexibility index (Phi) is 14.7. The molecule has 8 amide bonds. The molecule has 3 aliphatic heterocycles. The van der Waals surface area contributed by atoms with E-state index in [9.17, 15) is 53.1 Å². The number of carbonyl (C=O) groups excluding carboxylic acids is 9. The number of imide groups is 1. The average molecular weight is 1030 g/mol. The Morgan fingerprint density at radius 2 is 1.51 bits per heavy atom. The van der Waals surface area contributed by atoms with Gasteiger partial charge in [-0.1, -0.05) is 42.5 Å². The minimum Gasteiger partial charge on any atom is -0.458 e. The summed E-state index contributed by atoms with van der Waals surface area (Å²) < 4.78 is 27.2. The Morgan fingerprint density at radius 3 is 2.25 bits per heavy atom. The molecular weight excluding hydrogens is 978 g/mol. The molecule has 4 aliphatic rings. The molecule has 0 radical (unpaired) electrons. The highest BCUT2D eigenvalue weighted by Crippen LogP contribution is 2.45. The molecule has 0 saturated carbocycles. The minimum absolute atomic E-state index is 0.0245. The van der Waals surface area contributed by atoms with Crippen molar-refractivity contribution in [1.82, 2.24) is 41.5 Å². The number of carbonyl (C=O) groups is 9. The molecule has 0 spiro atoms. The van der Waals surface area contributed by atoms with E-state index in [1.54, 1.807) is 49.4 Å². The van der Waals surface area contributed by atoms with Gasteiger partial charge in [0.15, 0.2) is 6.10 Å². The van der Waals surface area contributed by atoms with Gasteiger partial charge in [-0.05, 0) is 65.8 Å². The summed E-state index contributed by atoms with van der Waals surface area (Å²) in [7, 11) is 0. The summed E-state index contributed by atoms with van der Waals surface area (Å²) in [6.45, 7) is -1.06. The fraction of sp³-hybridized carbons (Fsp3) is 0.288. The van der Waals surface area contributed by atoms with Crippen LogP contribution in [0.15, 0.2) is 83.7 Å². The number of aliphatic hydroxyl groups is 1. The van der Waals surface area contributed by atoms with Crippen molar-refractivity contribution in [2.75, 3.05) is 37.9 Å². The highest BCUT2D eigenvalue weighted by Gasteiger charge is 2.38. The van der Waals surface area contributed by atoms with E-state index in [2.05, 4.69) is 31.9 Å². The number of pyridine rings is 2. The summed E-state index contributed by atoms with van der Waals surface area (Å²) in [6.07, 6.45) is 1.31. The first-order chi connectivity index (χ1) is 36.0. The number of cyclic esters (lactones) is 1. The molecule has 9 rings (SSSR count). The van der Waals surface area contributed by atoms with Gasteiger partial charge in [-0.3, -0.25) is 43.2 Å². The molecule has 5 heterocycles. The number of esters is 1. The van der Waals surface area contributed by atoms with Crippen LogP contribution < -0.4 is 42.4 Å². The fourth-order valence-electron chi connectivity index (χ4n) is 9.50. The Hall–Kier alpha value is -8.96. The first-order valence-corrected chi connectivity index (χ1v) is 23.7. The van der Waals surface area contributed by atoms with E-state index in [1.165, 1.54) is 28.8 Å². The van der Waals surface area contributed by atoms with Crippen LogP contribution in [-0.4, -0.2) is 107 Å². The molecule has 1 aliphatic carbocycles. The zero-order valence-corrected chi connectivity index (χ0v) is 40.1. The third-order valence-electron chi connectivity index (χ3n) is 13.2. The quantitative estimate of drug-likeness (QED) is 0.0256. The highest BCUT2D eigenvalue weighted by molar-refractivity contribution is 6.28. The lowest BCUT2D eigenvalue weighted by atomic mass is 9.81.